The minimum atomic E-state index is -0.375. The van der Waals surface area contributed by atoms with E-state index in [4.69, 9.17) is 29.3 Å². The van der Waals surface area contributed by atoms with Crippen molar-refractivity contribution in [1.82, 2.24) is 19.2 Å². The van der Waals surface area contributed by atoms with Gasteiger partial charge >= 0.3 is 556 Å². The van der Waals surface area contributed by atoms with E-state index < -0.39 is 0 Å². The molecule has 14 rings (SSSR count). The van der Waals surface area contributed by atoms with Crippen molar-refractivity contribution in [2.24, 2.45) is 0 Å². The number of aliphatic hydroxyl groups excluding tert-OH is 4. The van der Waals surface area contributed by atoms with Crippen LogP contribution in [-0.2, 0) is 60.4 Å². The molecule has 2 saturated heterocycles. The Labute approximate surface area is 702 Å². The van der Waals surface area contributed by atoms with Gasteiger partial charge in [-0.25, -0.2) is 0 Å². The van der Waals surface area contributed by atoms with Crippen molar-refractivity contribution in [3.63, 3.8) is 0 Å². The summed E-state index contributed by atoms with van der Waals surface area (Å²) in [6.45, 7) is 29.8. The molecule has 0 amide bonds. The Morgan fingerprint density at radius 3 is 0.956 bits per heavy atom. The summed E-state index contributed by atoms with van der Waals surface area (Å²) in [5, 5.41) is 38.8. The number of nitrogens with zero attached hydrogens (tertiary/aromatic N) is 8. The summed E-state index contributed by atoms with van der Waals surface area (Å²) in [4.78, 5) is 19.0. The quantitative estimate of drug-likeness (QED) is 0.0480. The SMILES string of the molecule is CC(O)CC(C)O.CC(O)CC(C)O.CN(C)B1B(N(C)C)N(c2ccc(-c3ccc4c(c3)oc3ccccc34)cc2)[C](=[Pt])N1c1[c-]cc(-c2ccc3c(c2)oc2ccccc23)cc1.CN(C)B1B(N(C)C)N(c2ccc(C(C)(C)c3ccc(C(C)(C)C)cc3)cc2)[C](=[Pt])N1c1[c-]cc(C(C)(C)c2ccc(C(C)(C)C)cc2)cc1. The maximum absolute atomic E-state index is 8.56. The van der Waals surface area contributed by atoms with Crippen LogP contribution in [0.3, 0.4) is 0 Å². The molecule has 4 unspecified atom stereocenters. The average molecular weight is 1890 g/mol. The van der Waals surface area contributed by atoms with Crippen LogP contribution in [0, 0.1) is 12.1 Å². The maximum atomic E-state index is 8.56. The summed E-state index contributed by atoms with van der Waals surface area (Å²) in [5.74, 6) is 0. The number of fused-ring (bicyclic) bond motifs is 6. The summed E-state index contributed by atoms with van der Waals surface area (Å²) < 4.78 is 14.6. The Morgan fingerprint density at radius 2 is 0.623 bits per heavy atom. The van der Waals surface area contributed by atoms with Gasteiger partial charge in [-0.2, -0.15) is 0 Å². The van der Waals surface area contributed by atoms with Crippen molar-refractivity contribution < 1.29 is 68.0 Å². The molecule has 0 bridgehead atoms. The van der Waals surface area contributed by atoms with E-state index >= 15 is 0 Å². The normalized spacial score (nSPS) is 14.9. The van der Waals surface area contributed by atoms with Gasteiger partial charge in [0.15, 0.2) is 0 Å². The Hall–Kier alpha value is -7.94. The van der Waals surface area contributed by atoms with Gasteiger partial charge in [0.2, 0.25) is 0 Å². The second-order valence-corrected chi connectivity index (χ2v) is 36.9. The number of para-hydroxylation sites is 2. The third-order valence-corrected chi connectivity index (χ3v) is 24.2. The molecule has 0 radical (unpaired) electrons. The molecule has 600 valence electrons. The predicted octanol–water partition coefficient (Wildman–Crippen LogP) is 17.9. The van der Waals surface area contributed by atoms with Crippen molar-refractivity contribution in [2.45, 2.75) is 156 Å². The van der Waals surface area contributed by atoms with Crippen LogP contribution in [0.5, 0.6) is 0 Å². The van der Waals surface area contributed by atoms with Crippen LogP contribution in [0.15, 0.2) is 227 Å². The summed E-state index contributed by atoms with van der Waals surface area (Å²) in [5.41, 5.74) is 20.5. The summed E-state index contributed by atoms with van der Waals surface area (Å²) in [6, 6.07) is 86.4. The first-order valence-electron chi connectivity index (χ1n) is 39.6. The van der Waals surface area contributed by atoms with Gasteiger partial charge in [0.1, 0.15) is 0 Å². The zero-order chi connectivity index (χ0) is 82.8. The Kier molecular flexibility index (Phi) is 27.4. The van der Waals surface area contributed by atoms with Gasteiger partial charge in [0, 0.05) is 0 Å². The van der Waals surface area contributed by atoms with Gasteiger partial charge in [-0.3, -0.25) is 0 Å². The molecule has 14 nitrogen and oxygen atoms in total. The van der Waals surface area contributed by atoms with E-state index in [0.717, 1.165) is 91.5 Å². The molecule has 10 aromatic carbocycles. The first kappa shape index (κ1) is 86.9. The zero-order valence-corrected chi connectivity index (χ0v) is 75.2. The zero-order valence-electron chi connectivity index (χ0n) is 70.6. The second kappa shape index (κ2) is 35.9. The van der Waals surface area contributed by atoms with Crippen LogP contribution < -0.4 is 19.2 Å². The van der Waals surface area contributed by atoms with E-state index in [1.54, 1.807) is 27.7 Å². The van der Waals surface area contributed by atoms with Crippen molar-refractivity contribution in [1.29, 1.82) is 0 Å². The Balaban J connectivity index is 0.000000192. The second-order valence-electron chi connectivity index (χ2n) is 34.9. The van der Waals surface area contributed by atoms with Crippen molar-refractivity contribution in [3.05, 3.63) is 264 Å². The topological polar surface area (TPSA) is 133 Å². The molecular formula is C94H114B4N8O6Pt2-2. The van der Waals surface area contributed by atoms with Crippen LogP contribution in [0.4, 0.5) is 22.7 Å². The minimum absolute atomic E-state index is 0.0432. The Bertz CT molecular complexity index is 4920. The van der Waals surface area contributed by atoms with E-state index in [1.807, 2.05) is 24.3 Å². The number of benzene rings is 10. The van der Waals surface area contributed by atoms with E-state index in [0.29, 0.717) is 12.8 Å². The van der Waals surface area contributed by atoms with Gasteiger partial charge in [-0.1, -0.05) is 65.8 Å². The van der Waals surface area contributed by atoms with Crippen LogP contribution in [0.1, 0.15) is 143 Å². The molecule has 4 heterocycles. The molecule has 2 aliphatic rings. The first-order valence-corrected chi connectivity index (χ1v) is 41.9. The fourth-order valence-corrected chi connectivity index (χ4v) is 17.9. The molecule has 0 saturated carbocycles. The van der Waals surface area contributed by atoms with Gasteiger partial charge in [0.05, 0.1) is 24.4 Å². The number of furan rings is 2. The molecule has 0 aliphatic carbocycles. The molecule has 12 aromatic rings. The van der Waals surface area contributed by atoms with Gasteiger partial charge in [0.25, 0.3) is 0 Å². The third kappa shape index (κ3) is 19.2. The molecule has 4 N–H and O–H groups in total. The molecule has 4 atom stereocenters. The van der Waals surface area contributed by atoms with Gasteiger partial charge in [-0.15, -0.1) is 0 Å². The molecule has 2 aliphatic heterocycles. The Morgan fingerprint density at radius 1 is 0.333 bits per heavy atom. The predicted molar refractivity (Wildman–Crippen MR) is 477 cm³/mol. The van der Waals surface area contributed by atoms with E-state index in [9.17, 15) is 0 Å². The fraction of sp³-hybridized carbons (Fsp3) is 0.340. The van der Waals surface area contributed by atoms with Gasteiger partial charge < -0.3 is 20.4 Å². The van der Waals surface area contributed by atoms with Crippen molar-refractivity contribution in [2.75, 3.05) is 75.6 Å². The number of hydrogen-bond acceptors (Lipinski definition) is 14. The molecule has 2 fully saturated rings. The van der Waals surface area contributed by atoms with Crippen molar-refractivity contribution >= 4 is 102 Å². The third-order valence-electron chi connectivity index (χ3n) is 22.0. The molecule has 0 spiro atoms. The molecule has 114 heavy (non-hydrogen) atoms. The van der Waals surface area contributed by atoms with Crippen LogP contribution in [-0.4, -0.2) is 156 Å². The summed E-state index contributed by atoms with van der Waals surface area (Å²) in [6.07, 6.45) is -0.556. The molecular weight excluding hydrogens is 1770 g/mol. The number of hydrogen-bond donors (Lipinski definition) is 4. The van der Waals surface area contributed by atoms with Crippen LogP contribution in [0.25, 0.3) is 66.1 Å². The van der Waals surface area contributed by atoms with E-state index in [-0.39, 0.29) is 73.6 Å². The van der Waals surface area contributed by atoms with Crippen LogP contribution in [0.2, 0.25) is 0 Å². The fourth-order valence-electron chi connectivity index (χ4n) is 15.6. The number of aliphatic hydroxyl groups is 4. The monoisotopic (exact) mass is 1880 g/mol. The van der Waals surface area contributed by atoms with E-state index in [1.165, 1.54) is 39.1 Å². The molecule has 2 aromatic heterocycles. The van der Waals surface area contributed by atoms with Crippen molar-refractivity contribution in [3.8, 4) is 22.3 Å². The molecule has 20 heteroatoms. The average Bonchev–Trinajstić information content (AvgIpc) is 1.60. The summed E-state index contributed by atoms with van der Waals surface area (Å²) >= 11 is 5.00. The summed E-state index contributed by atoms with van der Waals surface area (Å²) in [7, 11) is 17.3. The van der Waals surface area contributed by atoms with Crippen LogP contribution >= 0.6 is 0 Å². The number of rotatable bonds is 18. The van der Waals surface area contributed by atoms with E-state index in [2.05, 4.69) is 409 Å². The standard InChI is InChI=1S/C43H57B2N4.C41H33B2N4O2.2C5H12O2.2Pt/c1-40(2,3)32-15-19-34(20-16-32)42(7,8)36-23-27-38(28-24-36)48-31-49(45(47(13)14)44(48)46(11)12)39-29-25-37(26-30-39)43(9,10)35-21-17-33(18-22-35)41(4,5)6;1-44(2)42-43(45(3)4)47(33-21-15-29(16-22-33)31-18-24-37-35-10-6-8-12-39(35)49-41(37)26-31)27-46(42)32-19-13-28(14-20-32)30-17-23-36-34-9-5-7-11-38(34)48-40(36)25-30;2*1-4(6)3-5(2)7;;/h15-29H,1-14H3;5-21,23-26H,1-4H3;2*4-7H,3H2,1-2H3;;/q2*-1;;;;. The first-order chi connectivity index (χ1) is 53.8. The van der Waals surface area contributed by atoms with Gasteiger partial charge in [-0.05, 0) is 40.5 Å². The number of anilines is 4.